The number of H-pyrrole nitrogens is 1. The van der Waals surface area contributed by atoms with Gasteiger partial charge < -0.3 is 15.4 Å². The molecule has 0 aliphatic carbocycles. The Morgan fingerprint density at radius 3 is 2.67 bits per heavy atom. The summed E-state index contributed by atoms with van der Waals surface area (Å²) in [6.45, 7) is 1.61. The summed E-state index contributed by atoms with van der Waals surface area (Å²) in [5.41, 5.74) is 2.95. The monoisotopic (exact) mass is 452 g/mol. The van der Waals surface area contributed by atoms with E-state index in [1.807, 2.05) is 0 Å². The van der Waals surface area contributed by atoms with Crippen molar-refractivity contribution >= 4 is 55.0 Å². The number of amides is 1. The Kier molecular flexibility index (Phi) is 5.00. The van der Waals surface area contributed by atoms with Gasteiger partial charge in [0, 0.05) is 34.1 Å². The number of fused-ring (bicyclic) bond motifs is 1. The number of sulfone groups is 1. The molecule has 1 aromatic heterocycles. The first-order chi connectivity index (χ1) is 12.6. The number of aryl methyl sites for hydroxylation is 1. The highest BCUT2D eigenvalue weighted by atomic mass is 79.9. The molecule has 3 N–H and O–H groups in total. The molecule has 2 aromatic rings. The summed E-state index contributed by atoms with van der Waals surface area (Å²) in [7, 11) is -3.56. The third-order valence-electron chi connectivity index (χ3n) is 4.27. The maximum absolute atomic E-state index is 12.4. The summed E-state index contributed by atoms with van der Waals surface area (Å²) < 4.78 is 25.2. The zero-order valence-electron chi connectivity index (χ0n) is 14.6. The molecule has 0 atom stereocenters. The molecule has 0 fully saturated rings. The Hall–Kier alpha value is -2.39. The fraction of sp³-hybridized carbons (Fsp3) is 0.222. The summed E-state index contributed by atoms with van der Waals surface area (Å²) in [5, 5.41) is 11.8. The molecule has 2 heterocycles. The summed E-state index contributed by atoms with van der Waals surface area (Å²) in [4.78, 5) is 26.5. The molecule has 3 rings (SSSR count). The second-order valence-corrected chi connectivity index (χ2v) is 9.21. The normalized spacial score (nSPS) is 15.1. The standard InChI is InChI=1S/C18H17BrN2O5S/c1-9-17(27(2,25)26)12(5-6-16(22)23)15(20-9)8-13-11-4-3-10(19)7-14(11)21-18(13)24/h3-4,7-8,20H,5-6H2,1-2H3,(H,21,24)(H,22,23)/b13-8-. The van der Waals surface area contributed by atoms with Gasteiger partial charge in [0.05, 0.1) is 16.2 Å². The predicted molar refractivity (Wildman–Crippen MR) is 105 cm³/mol. The number of aliphatic carboxylic acids is 1. The van der Waals surface area contributed by atoms with Crippen LogP contribution in [0.3, 0.4) is 0 Å². The molecule has 27 heavy (non-hydrogen) atoms. The van der Waals surface area contributed by atoms with Crippen molar-refractivity contribution in [2.75, 3.05) is 11.6 Å². The van der Waals surface area contributed by atoms with Crippen LogP contribution >= 0.6 is 15.9 Å². The van der Waals surface area contributed by atoms with Crippen molar-refractivity contribution in [2.45, 2.75) is 24.7 Å². The highest BCUT2D eigenvalue weighted by Gasteiger charge is 2.27. The van der Waals surface area contributed by atoms with Crippen molar-refractivity contribution in [2.24, 2.45) is 0 Å². The molecule has 142 valence electrons. The van der Waals surface area contributed by atoms with Gasteiger partial charge in [0.15, 0.2) is 9.84 Å². The molecule has 1 amide bonds. The molecule has 0 bridgehead atoms. The first-order valence-electron chi connectivity index (χ1n) is 8.04. The van der Waals surface area contributed by atoms with Crippen LogP contribution in [0.5, 0.6) is 0 Å². The molecule has 0 spiro atoms. The Bertz CT molecular complexity index is 1100. The summed E-state index contributed by atoms with van der Waals surface area (Å²) in [6.07, 6.45) is 2.48. The number of hydrogen-bond acceptors (Lipinski definition) is 4. The topological polar surface area (TPSA) is 116 Å². The molecule has 1 aliphatic rings. The number of carboxylic acid groups (broad SMARTS) is 1. The van der Waals surface area contributed by atoms with Crippen molar-refractivity contribution in [1.82, 2.24) is 4.98 Å². The van der Waals surface area contributed by atoms with Crippen LogP contribution in [0, 0.1) is 6.92 Å². The van der Waals surface area contributed by atoms with Gasteiger partial charge in [-0.2, -0.15) is 0 Å². The van der Waals surface area contributed by atoms with Crippen LogP contribution in [0.15, 0.2) is 27.6 Å². The van der Waals surface area contributed by atoms with Gasteiger partial charge in [0.2, 0.25) is 0 Å². The van der Waals surface area contributed by atoms with E-state index in [-0.39, 0.29) is 23.6 Å². The van der Waals surface area contributed by atoms with Gasteiger partial charge in [-0.15, -0.1) is 0 Å². The van der Waals surface area contributed by atoms with Crippen LogP contribution in [-0.4, -0.2) is 36.6 Å². The van der Waals surface area contributed by atoms with Crippen molar-refractivity contribution < 1.29 is 23.1 Å². The second-order valence-electron chi connectivity index (χ2n) is 6.34. The maximum atomic E-state index is 12.4. The molecule has 1 aliphatic heterocycles. The SMILES string of the molecule is Cc1[nH]c(/C=C2\C(=O)Nc3cc(Br)ccc32)c(CCC(=O)O)c1S(C)(=O)=O. The summed E-state index contributed by atoms with van der Waals surface area (Å²) in [6, 6.07) is 5.37. The Balaban J connectivity index is 2.16. The minimum absolute atomic E-state index is 0.0377. The van der Waals surface area contributed by atoms with E-state index in [1.165, 1.54) is 0 Å². The number of benzene rings is 1. The van der Waals surface area contributed by atoms with E-state index >= 15 is 0 Å². The number of nitrogens with one attached hydrogen (secondary N) is 2. The molecular formula is C18H17BrN2O5S. The minimum Gasteiger partial charge on any atom is -0.481 e. The second kappa shape index (κ2) is 6.97. The molecule has 0 unspecified atom stereocenters. The van der Waals surface area contributed by atoms with Crippen molar-refractivity contribution in [3.05, 3.63) is 45.2 Å². The van der Waals surface area contributed by atoms with E-state index in [0.717, 1.165) is 10.7 Å². The average Bonchev–Trinajstić information content (AvgIpc) is 3.01. The molecule has 9 heteroatoms. The first-order valence-corrected chi connectivity index (χ1v) is 10.7. The number of carbonyl (C=O) groups excluding carboxylic acids is 1. The molecular weight excluding hydrogens is 436 g/mol. The maximum Gasteiger partial charge on any atom is 0.303 e. The molecule has 7 nitrogen and oxygen atoms in total. The third kappa shape index (κ3) is 3.84. The molecule has 0 saturated heterocycles. The van der Waals surface area contributed by atoms with Gasteiger partial charge >= 0.3 is 5.97 Å². The highest BCUT2D eigenvalue weighted by Crippen LogP contribution is 2.36. The lowest BCUT2D eigenvalue weighted by molar-refractivity contribution is -0.137. The van der Waals surface area contributed by atoms with E-state index in [2.05, 4.69) is 26.2 Å². The van der Waals surface area contributed by atoms with E-state index in [4.69, 9.17) is 5.11 Å². The number of carbonyl (C=O) groups is 2. The third-order valence-corrected chi connectivity index (χ3v) is 6.06. The smallest absolute Gasteiger partial charge is 0.303 e. The van der Waals surface area contributed by atoms with E-state index in [1.54, 1.807) is 31.2 Å². The van der Waals surface area contributed by atoms with Crippen molar-refractivity contribution in [1.29, 1.82) is 0 Å². The van der Waals surface area contributed by atoms with Crippen LogP contribution in [0.1, 0.15) is 28.9 Å². The number of aromatic amines is 1. The largest absolute Gasteiger partial charge is 0.481 e. The number of carboxylic acids is 1. The van der Waals surface area contributed by atoms with Crippen molar-refractivity contribution in [3.8, 4) is 0 Å². The number of aromatic nitrogens is 1. The van der Waals surface area contributed by atoms with Crippen LogP contribution in [-0.2, 0) is 25.8 Å². The molecule has 1 aromatic carbocycles. The minimum atomic E-state index is -3.56. The number of rotatable bonds is 5. The van der Waals surface area contributed by atoms with Gasteiger partial charge in [-0.3, -0.25) is 9.59 Å². The van der Waals surface area contributed by atoms with Gasteiger partial charge in [0.1, 0.15) is 0 Å². The van der Waals surface area contributed by atoms with E-state index in [9.17, 15) is 18.0 Å². The lowest BCUT2D eigenvalue weighted by Gasteiger charge is -2.04. The lowest BCUT2D eigenvalue weighted by atomic mass is 10.0. The van der Waals surface area contributed by atoms with Gasteiger partial charge in [-0.05, 0) is 37.1 Å². The predicted octanol–water partition coefficient (Wildman–Crippen LogP) is 3.00. The number of halogens is 1. The van der Waals surface area contributed by atoms with E-state index in [0.29, 0.717) is 33.8 Å². The number of hydrogen-bond donors (Lipinski definition) is 3. The van der Waals surface area contributed by atoms with Gasteiger partial charge in [0.25, 0.3) is 5.91 Å². The zero-order chi connectivity index (χ0) is 19.9. The van der Waals surface area contributed by atoms with Crippen LogP contribution in [0.2, 0.25) is 0 Å². The fourth-order valence-electron chi connectivity index (χ4n) is 3.24. The fourth-order valence-corrected chi connectivity index (χ4v) is 4.87. The number of anilines is 1. The highest BCUT2D eigenvalue weighted by molar-refractivity contribution is 9.10. The lowest BCUT2D eigenvalue weighted by Crippen LogP contribution is -2.06. The quantitative estimate of drug-likeness (QED) is 0.602. The van der Waals surface area contributed by atoms with E-state index < -0.39 is 15.8 Å². The molecule has 0 radical (unpaired) electrons. The first kappa shape index (κ1) is 19.4. The summed E-state index contributed by atoms with van der Waals surface area (Å²) in [5.74, 6) is -1.33. The van der Waals surface area contributed by atoms with Crippen LogP contribution in [0.25, 0.3) is 11.6 Å². The average molecular weight is 453 g/mol. The van der Waals surface area contributed by atoms with Gasteiger partial charge in [-0.1, -0.05) is 22.0 Å². The zero-order valence-corrected chi connectivity index (χ0v) is 17.0. The van der Waals surface area contributed by atoms with Crippen LogP contribution < -0.4 is 5.32 Å². The Labute approximate surface area is 164 Å². The van der Waals surface area contributed by atoms with Crippen molar-refractivity contribution in [3.63, 3.8) is 0 Å². The molecule has 0 saturated carbocycles. The van der Waals surface area contributed by atoms with Gasteiger partial charge in [-0.25, -0.2) is 8.42 Å². The summed E-state index contributed by atoms with van der Waals surface area (Å²) >= 11 is 3.35. The Morgan fingerprint density at radius 1 is 1.33 bits per heavy atom. The van der Waals surface area contributed by atoms with Crippen LogP contribution in [0.4, 0.5) is 5.69 Å². The Morgan fingerprint density at radius 2 is 2.04 bits per heavy atom.